The second kappa shape index (κ2) is 3.59. The molecule has 0 aliphatic heterocycles. The number of fused-ring (bicyclic) bond motifs is 1. The van der Waals surface area contributed by atoms with E-state index in [1.54, 1.807) is 0 Å². The van der Waals surface area contributed by atoms with Crippen molar-refractivity contribution >= 4 is 16.9 Å². The number of aryl methyl sites for hydroxylation is 1. The Balaban J connectivity index is 2.84. The van der Waals surface area contributed by atoms with Crippen molar-refractivity contribution in [2.24, 2.45) is 0 Å². The third-order valence-electron chi connectivity index (χ3n) is 2.27. The Bertz CT molecular complexity index is 572. The number of carbonyl (C=O) groups is 1. The summed E-state index contributed by atoms with van der Waals surface area (Å²) in [5.41, 5.74) is -0.00889. The van der Waals surface area contributed by atoms with Crippen molar-refractivity contribution < 1.29 is 22.7 Å². The summed E-state index contributed by atoms with van der Waals surface area (Å²) in [6.45, 7) is 1.49. The number of hydrogen-bond acceptors (Lipinski definition) is 3. The Hall–Kier alpha value is -1.91. The van der Waals surface area contributed by atoms with Gasteiger partial charge in [-0.05, 0) is 6.92 Å². The minimum Gasteiger partial charge on any atom is -0.465 e. The van der Waals surface area contributed by atoms with E-state index < -0.39 is 17.6 Å². The van der Waals surface area contributed by atoms with Gasteiger partial charge in [0.25, 0.3) is 0 Å². The van der Waals surface area contributed by atoms with E-state index in [0.29, 0.717) is 6.07 Å². The molecule has 84 valence electrons. The standard InChI is InChI=1S/C11H8F2O3/c1-5-9(11(14)15-2)10-7(13)3-6(12)4-8(10)16-5/h3-4H,1-2H3. The van der Waals surface area contributed by atoms with Crippen LogP contribution in [0.4, 0.5) is 8.78 Å². The molecule has 0 aliphatic carbocycles. The van der Waals surface area contributed by atoms with Crippen LogP contribution in [0.15, 0.2) is 16.5 Å². The van der Waals surface area contributed by atoms with Crippen LogP contribution in [0, 0.1) is 18.6 Å². The van der Waals surface area contributed by atoms with E-state index in [1.807, 2.05) is 0 Å². The number of carbonyl (C=O) groups excluding carboxylic acids is 1. The summed E-state index contributed by atoms with van der Waals surface area (Å²) in [5.74, 6) is -2.10. The van der Waals surface area contributed by atoms with Crippen molar-refractivity contribution in [2.75, 3.05) is 7.11 Å². The van der Waals surface area contributed by atoms with E-state index in [2.05, 4.69) is 4.74 Å². The Labute approximate surface area is 89.6 Å². The van der Waals surface area contributed by atoms with Crippen molar-refractivity contribution in [3.05, 3.63) is 35.1 Å². The van der Waals surface area contributed by atoms with Crippen molar-refractivity contribution in [3.8, 4) is 0 Å². The fraction of sp³-hybridized carbons (Fsp3) is 0.182. The molecule has 0 N–H and O–H groups in total. The number of rotatable bonds is 1. The average Bonchev–Trinajstić information content (AvgIpc) is 2.53. The lowest BCUT2D eigenvalue weighted by atomic mass is 10.1. The number of esters is 1. The Morgan fingerprint density at radius 1 is 1.38 bits per heavy atom. The molecule has 0 bridgehead atoms. The number of benzene rings is 1. The first-order valence-electron chi connectivity index (χ1n) is 4.51. The van der Waals surface area contributed by atoms with Crippen LogP contribution in [-0.4, -0.2) is 13.1 Å². The number of hydrogen-bond donors (Lipinski definition) is 0. The maximum atomic E-state index is 13.5. The first-order valence-corrected chi connectivity index (χ1v) is 4.51. The predicted molar refractivity (Wildman–Crippen MR) is 52.2 cm³/mol. The molecular formula is C11H8F2O3. The Kier molecular flexibility index (Phi) is 2.38. The highest BCUT2D eigenvalue weighted by molar-refractivity contribution is 6.04. The molecule has 0 saturated carbocycles. The molecule has 0 fully saturated rings. The maximum absolute atomic E-state index is 13.5. The molecule has 2 rings (SSSR count). The molecule has 0 radical (unpaired) electrons. The third kappa shape index (κ3) is 1.44. The van der Waals surface area contributed by atoms with E-state index >= 15 is 0 Å². The van der Waals surface area contributed by atoms with Gasteiger partial charge in [0.2, 0.25) is 0 Å². The van der Waals surface area contributed by atoms with Gasteiger partial charge in [-0.3, -0.25) is 0 Å². The highest BCUT2D eigenvalue weighted by Gasteiger charge is 2.22. The van der Waals surface area contributed by atoms with Crippen LogP contribution in [0.5, 0.6) is 0 Å². The SMILES string of the molecule is COC(=O)c1c(C)oc2cc(F)cc(F)c12. The quantitative estimate of drug-likeness (QED) is 0.702. The molecular weight excluding hydrogens is 218 g/mol. The second-order valence-corrected chi connectivity index (χ2v) is 3.29. The number of halogens is 2. The molecule has 0 atom stereocenters. The Morgan fingerprint density at radius 2 is 2.06 bits per heavy atom. The van der Waals surface area contributed by atoms with E-state index in [1.165, 1.54) is 14.0 Å². The lowest BCUT2D eigenvalue weighted by Gasteiger charge is -1.98. The summed E-state index contributed by atoms with van der Waals surface area (Å²) in [7, 11) is 1.18. The van der Waals surface area contributed by atoms with Crippen LogP contribution >= 0.6 is 0 Å². The van der Waals surface area contributed by atoms with Crippen LogP contribution in [0.25, 0.3) is 11.0 Å². The topological polar surface area (TPSA) is 39.4 Å². The van der Waals surface area contributed by atoms with Gasteiger partial charge < -0.3 is 9.15 Å². The third-order valence-corrected chi connectivity index (χ3v) is 2.27. The predicted octanol–water partition coefficient (Wildman–Crippen LogP) is 2.81. The van der Waals surface area contributed by atoms with E-state index in [0.717, 1.165) is 6.07 Å². The first kappa shape index (κ1) is 10.6. The fourth-order valence-corrected chi connectivity index (χ4v) is 1.61. The number of methoxy groups -OCH3 is 1. The lowest BCUT2D eigenvalue weighted by molar-refractivity contribution is 0.0600. The number of furan rings is 1. The largest absolute Gasteiger partial charge is 0.465 e. The smallest absolute Gasteiger partial charge is 0.342 e. The molecule has 1 aromatic heterocycles. The molecule has 0 aliphatic rings. The van der Waals surface area contributed by atoms with E-state index in [4.69, 9.17) is 4.42 Å². The van der Waals surface area contributed by atoms with Crippen LogP contribution in [0.1, 0.15) is 16.1 Å². The first-order chi connectivity index (χ1) is 7.54. The molecule has 2 aromatic rings. The highest BCUT2D eigenvalue weighted by atomic mass is 19.1. The van der Waals surface area contributed by atoms with Crippen LogP contribution in [0.3, 0.4) is 0 Å². The molecule has 16 heavy (non-hydrogen) atoms. The summed E-state index contributed by atoms with van der Waals surface area (Å²) in [6, 6.07) is 1.72. The Morgan fingerprint density at radius 3 is 2.69 bits per heavy atom. The monoisotopic (exact) mass is 226 g/mol. The van der Waals surface area contributed by atoms with Crippen molar-refractivity contribution in [1.29, 1.82) is 0 Å². The zero-order valence-corrected chi connectivity index (χ0v) is 8.64. The van der Waals surface area contributed by atoms with Crippen LogP contribution in [0.2, 0.25) is 0 Å². The minimum atomic E-state index is -0.841. The van der Waals surface area contributed by atoms with E-state index in [9.17, 15) is 13.6 Å². The van der Waals surface area contributed by atoms with Gasteiger partial charge in [0, 0.05) is 12.1 Å². The van der Waals surface area contributed by atoms with Crippen molar-refractivity contribution in [1.82, 2.24) is 0 Å². The van der Waals surface area contributed by atoms with Crippen molar-refractivity contribution in [3.63, 3.8) is 0 Å². The van der Waals surface area contributed by atoms with Gasteiger partial charge in [0.15, 0.2) is 0 Å². The summed E-state index contributed by atoms with van der Waals surface area (Å²) in [5, 5.41) is -0.0502. The summed E-state index contributed by atoms with van der Waals surface area (Å²) in [6.07, 6.45) is 0. The average molecular weight is 226 g/mol. The van der Waals surface area contributed by atoms with E-state index in [-0.39, 0.29) is 22.3 Å². The van der Waals surface area contributed by atoms with Gasteiger partial charge in [-0.25, -0.2) is 13.6 Å². The van der Waals surface area contributed by atoms with Gasteiger partial charge in [-0.15, -0.1) is 0 Å². The van der Waals surface area contributed by atoms with Crippen LogP contribution in [-0.2, 0) is 4.74 Å². The molecule has 0 amide bonds. The maximum Gasteiger partial charge on any atom is 0.342 e. The molecule has 1 aromatic carbocycles. The molecule has 0 saturated heterocycles. The highest BCUT2D eigenvalue weighted by Crippen LogP contribution is 2.29. The van der Waals surface area contributed by atoms with Crippen LogP contribution < -0.4 is 0 Å². The summed E-state index contributed by atoms with van der Waals surface area (Å²) in [4.78, 5) is 11.4. The van der Waals surface area contributed by atoms with Gasteiger partial charge in [0.1, 0.15) is 28.5 Å². The minimum absolute atomic E-state index is 0.00426. The van der Waals surface area contributed by atoms with Gasteiger partial charge in [-0.1, -0.05) is 0 Å². The second-order valence-electron chi connectivity index (χ2n) is 3.29. The molecule has 1 heterocycles. The lowest BCUT2D eigenvalue weighted by Crippen LogP contribution is -2.02. The van der Waals surface area contributed by atoms with Crippen molar-refractivity contribution in [2.45, 2.75) is 6.92 Å². The number of ether oxygens (including phenoxy) is 1. The molecule has 0 unspecified atom stereocenters. The summed E-state index contributed by atoms with van der Waals surface area (Å²) < 4.78 is 36.0. The zero-order chi connectivity index (χ0) is 11.9. The molecule has 5 heteroatoms. The normalized spacial score (nSPS) is 10.8. The summed E-state index contributed by atoms with van der Waals surface area (Å²) >= 11 is 0. The van der Waals surface area contributed by atoms with Gasteiger partial charge >= 0.3 is 5.97 Å². The molecule has 3 nitrogen and oxygen atoms in total. The molecule has 0 spiro atoms. The van der Waals surface area contributed by atoms with Gasteiger partial charge in [0.05, 0.1) is 12.5 Å². The fourth-order valence-electron chi connectivity index (χ4n) is 1.61. The van der Waals surface area contributed by atoms with Gasteiger partial charge in [-0.2, -0.15) is 0 Å². The zero-order valence-electron chi connectivity index (χ0n) is 8.64.